The Labute approximate surface area is 242 Å². The van der Waals surface area contributed by atoms with Crippen molar-refractivity contribution >= 4 is 72.4 Å². The number of anilines is 1. The highest BCUT2D eigenvalue weighted by molar-refractivity contribution is 9.11. The first-order valence-electron chi connectivity index (χ1n) is 11.3. The molecule has 12 heteroatoms. The molecule has 0 unspecified atom stereocenters. The van der Waals surface area contributed by atoms with Crippen molar-refractivity contribution in [2.24, 2.45) is 0 Å². The van der Waals surface area contributed by atoms with Crippen LogP contribution in [0.3, 0.4) is 0 Å². The van der Waals surface area contributed by atoms with Crippen LogP contribution in [0.25, 0.3) is 6.08 Å². The summed E-state index contributed by atoms with van der Waals surface area (Å²) >= 11 is 7.62. The Morgan fingerprint density at radius 1 is 1.05 bits per heavy atom. The summed E-state index contributed by atoms with van der Waals surface area (Å²) in [5.74, 6) is -0.929. The van der Waals surface area contributed by atoms with Crippen LogP contribution in [0.1, 0.15) is 22.3 Å². The van der Waals surface area contributed by atoms with Crippen LogP contribution in [0, 0.1) is 6.92 Å². The van der Waals surface area contributed by atoms with Gasteiger partial charge in [0.05, 0.1) is 19.4 Å². The number of hydrogen-bond acceptors (Lipinski definition) is 5. The van der Waals surface area contributed by atoms with E-state index in [2.05, 4.69) is 37.2 Å². The fraction of sp³-hybridized carbons (Fsp3) is 0.148. The Hall–Kier alpha value is -3.09. The highest BCUT2D eigenvalue weighted by Gasteiger charge is 2.36. The lowest BCUT2D eigenvalue weighted by Crippen LogP contribution is -2.36. The van der Waals surface area contributed by atoms with E-state index in [9.17, 15) is 27.6 Å². The van der Waals surface area contributed by atoms with E-state index in [-0.39, 0.29) is 10.6 Å². The molecule has 1 N–H and O–H groups in total. The van der Waals surface area contributed by atoms with E-state index >= 15 is 0 Å². The maximum Gasteiger partial charge on any atom is 0.416 e. The zero-order chi connectivity index (χ0) is 28.3. The van der Waals surface area contributed by atoms with Gasteiger partial charge in [0.1, 0.15) is 18.9 Å². The predicted octanol–water partition coefficient (Wildman–Crippen LogP) is 7.79. The molecule has 1 aliphatic heterocycles. The fourth-order valence-corrected chi connectivity index (χ4v) is 5.83. The Bertz CT molecular complexity index is 1450. The summed E-state index contributed by atoms with van der Waals surface area (Å²) in [5, 5.41) is 1.63. The molecular formula is C27H19Br2F3N2O4S. The number of rotatable bonds is 7. The van der Waals surface area contributed by atoms with Gasteiger partial charge in [-0.05, 0) is 98.1 Å². The molecule has 1 heterocycles. The summed E-state index contributed by atoms with van der Waals surface area (Å²) in [6, 6.07) is 15.5. The predicted molar refractivity (Wildman–Crippen MR) is 150 cm³/mol. The molecular weight excluding hydrogens is 665 g/mol. The first kappa shape index (κ1) is 28.9. The molecule has 0 aromatic heterocycles. The molecule has 4 rings (SSSR count). The Morgan fingerprint density at radius 2 is 1.72 bits per heavy atom. The number of hydrogen-bond donors (Lipinski definition) is 1. The van der Waals surface area contributed by atoms with E-state index in [1.165, 1.54) is 12.1 Å². The average molecular weight is 684 g/mol. The first-order valence-corrected chi connectivity index (χ1v) is 13.7. The second-order valence-electron chi connectivity index (χ2n) is 8.48. The number of thioether (sulfide) groups is 1. The van der Waals surface area contributed by atoms with Crippen LogP contribution in [0.4, 0.5) is 23.7 Å². The van der Waals surface area contributed by atoms with Crippen LogP contribution >= 0.6 is 43.6 Å². The third kappa shape index (κ3) is 7.31. The van der Waals surface area contributed by atoms with Gasteiger partial charge in [-0.3, -0.25) is 19.3 Å². The van der Waals surface area contributed by atoms with Gasteiger partial charge in [-0.25, -0.2) is 0 Å². The average Bonchev–Trinajstić information content (AvgIpc) is 3.11. The molecule has 0 radical (unpaired) electrons. The van der Waals surface area contributed by atoms with E-state index in [0.717, 1.165) is 34.2 Å². The summed E-state index contributed by atoms with van der Waals surface area (Å²) in [6.07, 6.45) is -3.07. The third-order valence-electron chi connectivity index (χ3n) is 5.47. The van der Waals surface area contributed by atoms with E-state index in [1.54, 1.807) is 12.1 Å². The summed E-state index contributed by atoms with van der Waals surface area (Å²) in [7, 11) is 0. The van der Waals surface area contributed by atoms with Crippen molar-refractivity contribution in [1.82, 2.24) is 4.90 Å². The van der Waals surface area contributed by atoms with Crippen molar-refractivity contribution < 1.29 is 32.3 Å². The van der Waals surface area contributed by atoms with Gasteiger partial charge in [0.25, 0.3) is 11.1 Å². The van der Waals surface area contributed by atoms with E-state index < -0.39 is 35.3 Å². The lowest BCUT2D eigenvalue weighted by atomic mass is 10.1. The molecule has 1 aliphatic rings. The molecule has 0 atom stereocenters. The van der Waals surface area contributed by atoms with Crippen LogP contribution in [-0.4, -0.2) is 28.5 Å². The van der Waals surface area contributed by atoms with Gasteiger partial charge in [0.15, 0.2) is 0 Å². The minimum absolute atomic E-state index is 0.0963. The lowest BCUT2D eigenvalue weighted by molar-refractivity contribution is -0.137. The number of benzene rings is 3. The maximum atomic E-state index is 12.9. The molecule has 0 bridgehead atoms. The smallest absolute Gasteiger partial charge is 0.416 e. The van der Waals surface area contributed by atoms with Crippen molar-refractivity contribution in [3.63, 3.8) is 0 Å². The SMILES string of the molecule is Cc1ccc(COc2c(Br)cc(/C=C3\SC(=O)N(CC(=O)Nc4cccc(C(F)(F)F)c4)C3=O)cc2Br)cc1. The largest absolute Gasteiger partial charge is 0.487 e. The minimum atomic E-state index is -4.58. The molecule has 0 saturated carbocycles. The normalized spacial score (nSPS) is 14.7. The van der Waals surface area contributed by atoms with Crippen molar-refractivity contribution in [2.75, 3.05) is 11.9 Å². The van der Waals surface area contributed by atoms with Gasteiger partial charge >= 0.3 is 6.18 Å². The molecule has 3 aromatic rings. The van der Waals surface area contributed by atoms with Crippen LogP contribution in [0.5, 0.6) is 5.75 Å². The Kier molecular flexibility index (Phi) is 8.87. The zero-order valence-electron chi connectivity index (χ0n) is 20.1. The topological polar surface area (TPSA) is 75.7 Å². The lowest BCUT2D eigenvalue weighted by Gasteiger charge is -2.13. The number of nitrogens with zero attached hydrogens (tertiary/aromatic N) is 1. The molecule has 3 aromatic carbocycles. The van der Waals surface area contributed by atoms with E-state index in [1.807, 2.05) is 31.2 Å². The number of carbonyl (C=O) groups excluding carboxylic acids is 3. The van der Waals surface area contributed by atoms with Crippen molar-refractivity contribution in [3.8, 4) is 5.75 Å². The van der Waals surface area contributed by atoms with Crippen LogP contribution in [0.2, 0.25) is 0 Å². The second-order valence-corrected chi connectivity index (χ2v) is 11.2. The van der Waals surface area contributed by atoms with Gasteiger partial charge in [-0.1, -0.05) is 35.9 Å². The fourth-order valence-electron chi connectivity index (χ4n) is 3.55. The van der Waals surface area contributed by atoms with Crippen molar-refractivity contribution in [2.45, 2.75) is 19.7 Å². The van der Waals surface area contributed by atoms with Gasteiger partial charge in [-0.15, -0.1) is 0 Å². The van der Waals surface area contributed by atoms with Gasteiger partial charge in [0, 0.05) is 5.69 Å². The number of aryl methyl sites for hydroxylation is 1. The monoisotopic (exact) mass is 682 g/mol. The second kappa shape index (κ2) is 12.0. The third-order valence-corrected chi connectivity index (χ3v) is 7.56. The number of nitrogens with one attached hydrogen (secondary N) is 1. The Morgan fingerprint density at radius 3 is 2.36 bits per heavy atom. The number of carbonyl (C=O) groups is 3. The van der Waals surface area contributed by atoms with Crippen LogP contribution in [-0.2, 0) is 22.4 Å². The first-order chi connectivity index (χ1) is 18.4. The Balaban J connectivity index is 1.42. The quantitative estimate of drug-likeness (QED) is 0.257. The number of halogens is 5. The number of ether oxygens (including phenoxy) is 1. The minimum Gasteiger partial charge on any atom is -0.487 e. The van der Waals surface area contributed by atoms with Crippen molar-refractivity contribution in [3.05, 3.63) is 96.8 Å². The van der Waals surface area contributed by atoms with E-state index in [4.69, 9.17) is 4.74 Å². The number of imide groups is 1. The summed E-state index contributed by atoms with van der Waals surface area (Å²) in [4.78, 5) is 38.5. The summed E-state index contributed by atoms with van der Waals surface area (Å²) in [6.45, 7) is 1.70. The highest BCUT2D eigenvalue weighted by atomic mass is 79.9. The zero-order valence-corrected chi connectivity index (χ0v) is 24.1. The molecule has 1 saturated heterocycles. The van der Waals surface area contributed by atoms with E-state index in [0.29, 0.717) is 38.6 Å². The van der Waals surface area contributed by atoms with Crippen LogP contribution in [0.15, 0.2) is 74.5 Å². The number of amides is 3. The van der Waals surface area contributed by atoms with Gasteiger partial charge in [0.2, 0.25) is 5.91 Å². The summed E-state index contributed by atoms with van der Waals surface area (Å²) < 4.78 is 45.9. The highest BCUT2D eigenvalue weighted by Crippen LogP contribution is 2.38. The molecule has 6 nitrogen and oxygen atoms in total. The maximum absolute atomic E-state index is 12.9. The number of alkyl halides is 3. The standard InChI is InChI=1S/C27H19Br2F3N2O4S/c1-15-5-7-16(8-6-15)14-38-24-20(28)9-17(10-21(24)29)11-22-25(36)34(26(37)39-22)13-23(35)33-19-4-2-3-18(12-19)27(30,31)32/h2-12H,13-14H2,1H3,(H,33,35)/b22-11-. The molecule has 0 spiro atoms. The van der Waals surface area contributed by atoms with Crippen molar-refractivity contribution in [1.29, 1.82) is 0 Å². The molecule has 202 valence electrons. The van der Waals surface area contributed by atoms with Gasteiger partial charge < -0.3 is 10.1 Å². The molecule has 3 amide bonds. The molecule has 39 heavy (non-hydrogen) atoms. The molecule has 1 fully saturated rings. The summed E-state index contributed by atoms with van der Waals surface area (Å²) in [5.41, 5.74) is 1.70. The van der Waals surface area contributed by atoms with Crippen LogP contribution < -0.4 is 10.1 Å². The molecule has 0 aliphatic carbocycles. The van der Waals surface area contributed by atoms with Gasteiger partial charge in [-0.2, -0.15) is 13.2 Å².